The molecular formula is C8H12F2O2. The molecule has 0 amide bonds. The van der Waals surface area contributed by atoms with Crippen molar-refractivity contribution in [2.75, 3.05) is 7.11 Å². The summed E-state index contributed by atoms with van der Waals surface area (Å²) in [5.41, 5.74) is 0. The summed E-state index contributed by atoms with van der Waals surface area (Å²) in [6.07, 6.45) is 0.495. The van der Waals surface area contributed by atoms with Crippen LogP contribution in [0.15, 0.2) is 0 Å². The highest BCUT2D eigenvalue weighted by atomic mass is 19.3. The number of alkyl halides is 2. The Labute approximate surface area is 69.9 Å². The molecular weight excluding hydrogens is 166 g/mol. The molecule has 0 N–H and O–H groups in total. The van der Waals surface area contributed by atoms with Crippen molar-refractivity contribution >= 4 is 5.97 Å². The monoisotopic (exact) mass is 178 g/mol. The average Bonchev–Trinajstić information content (AvgIpc) is 2.01. The van der Waals surface area contributed by atoms with Gasteiger partial charge in [-0.25, -0.2) is 8.78 Å². The lowest BCUT2D eigenvalue weighted by Gasteiger charge is -2.26. The molecule has 1 rings (SSSR count). The second-order valence-corrected chi connectivity index (χ2v) is 3.17. The highest BCUT2D eigenvalue weighted by molar-refractivity contribution is 5.72. The van der Waals surface area contributed by atoms with Crippen molar-refractivity contribution in [3.63, 3.8) is 0 Å². The van der Waals surface area contributed by atoms with E-state index in [1.54, 1.807) is 0 Å². The fourth-order valence-electron chi connectivity index (χ4n) is 1.54. The number of carbonyl (C=O) groups excluding carboxylic acids is 1. The SMILES string of the molecule is COC(=O)[C@H]1CCCC(F)(F)C1. The molecule has 0 heterocycles. The molecule has 2 nitrogen and oxygen atoms in total. The number of hydrogen-bond acceptors (Lipinski definition) is 2. The van der Waals surface area contributed by atoms with Crippen molar-refractivity contribution in [2.24, 2.45) is 5.92 Å². The minimum atomic E-state index is -2.67. The Bertz CT molecular complexity index is 180. The second-order valence-electron chi connectivity index (χ2n) is 3.17. The van der Waals surface area contributed by atoms with E-state index in [0.717, 1.165) is 0 Å². The molecule has 4 heteroatoms. The van der Waals surface area contributed by atoms with Crippen LogP contribution in [0.25, 0.3) is 0 Å². The lowest BCUT2D eigenvalue weighted by atomic mass is 9.87. The molecule has 0 spiro atoms. The van der Waals surface area contributed by atoms with Gasteiger partial charge in [-0.05, 0) is 12.8 Å². The van der Waals surface area contributed by atoms with Crippen LogP contribution in [0.4, 0.5) is 8.78 Å². The van der Waals surface area contributed by atoms with Gasteiger partial charge in [-0.2, -0.15) is 0 Å². The van der Waals surface area contributed by atoms with Crippen LogP contribution in [0, 0.1) is 5.92 Å². The molecule has 0 bridgehead atoms. The molecule has 0 aromatic rings. The van der Waals surface area contributed by atoms with Crippen LogP contribution in [0.1, 0.15) is 25.7 Å². The van der Waals surface area contributed by atoms with Crippen molar-refractivity contribution in [3.8, 4) is 0 Å². The molecule has 0 radical (unpaired) electrons. The van der Waals surface area contributed by atoms with Crippen LogP contribution in [0.5, 0.6) is 0 Å². The molecule has 70 valence electrons. The zero-order valence-corrected chi connectivity index (χ0v) is 6.98. The third kappa shape index (κ3) is 2.16. The van der Waals surface area contributed by atoms with E-state index >= 15 is 0 Å². The third-order valence-corrected chi connectivity index (χ3v) is 2.17. The Kier molecular flexibility index (Phi) is 2.65. The second kappa shape index (κ2) is 3.37. The van der Waals surface area contributed by atoms with Crippen molar-refractivity contribution in [3.05, 3.63) is 0 Å². The van der Waals surface area contributed by atoms with E-state index < -0.39 is 17.8 Å². The first kappa shape index (κ1) is 9.42. The highest BCUT2D eigenvalue weighted by Gasteiger charge is 2.39. The number of hydrogen-bond donors (Lipinski definition) is 0. The largest absolute Gasteiger partial charge is 0.469 e. The fraction of sp³-hybridized carbons (Fsp3) is 0.875. The lowest BCUT2D eigenvalue weighted by molar-refractivity contribution is -0.152. The number of methoxy groups -OCH3 is 1. The van der Waals surface area contributed by atoms with E-state index in [4.69, 9.17) is 0 Å². The maximum absolute atomic E-state index is 12.7. The van der Waals surface area contributed by atoms with E-state index in [9.17, 15) is 13.6 Å². The zero-order chi connectivity index (χ0) is 9.19. The van der Waals surface area contributed by atoms with Gasteiger partial charge >= 0.3 is 5.97 Å². The maximum Gasteiger partial charge on any atom is 0.308 e. The van der Waals surface area contributed by atoms with Crippen molar-refractivity contribution in [1.29, 1.82) is 0 Å². The Morgan fingerprint density at radius 1 is 1.58 bits per heavy atom. The molecule has 1 fully saturated rings. The summed E-state index contributed by atoms with van der Waals surface area (Å²) in [4.78, 5) is 10.9. The summed E-state index contributed by atoms with van der Waals surface area (Å²) in [5, 5.41) is 0. The quantitative estimate of drug-likeness (QED) is 0.574. The van der Waals surface area contributed by atoms with Crippen molar-refractivity contribution in [2.45, 2.75) is 31.6 Å². The average molecular weight is 178 g/mol. The van der Waals surface area contributed by atoms with Crippen LogP contribution < -0.4 is 0 Å². The zero-order valence-electron chi connectivity index (χ0n) is 6.98. The van der Waals surface area contributed by atoms with E-state index in [1.165, 1.54) is 7.11 Å². The molecule has 12 heavy (non-hydrogen) atoms. The van der Waals surface area contributed by atoms with E-state index in [-0.39, 0.29) is 12.8 Å². The fourth-order valence-corrected chi connectivity index (χ4v) is 1.54. The highest BCUT2D eigenvalue weighted by Crippen LogP contribution is 2.36. The van der Waals surface area contributed by atoms with Gasteiger partial charge in [0, 0.05) is 12.8 Å². The standard InChI is InChI=1S/C8H12F2O2/c1-12-7(11)6-3-2-4-8(9,10)5-6/h6H,2-5H2,1H3/t6-/m0/s1. The lowest BCUT2D eigenvalue weighted by Crippen LogP contribution is -2.31. The van der Waals surface area contributed by atoms with Crippen LogP contribution in [0.2, 0.25) is 0 Å². The Morgan fingerprint density at radius 2 is 2.25 bits per heavy atom. The van der Waals surface area contributed by atoms with Gasteiger partial charge in [-0.3, -0.25) is 4.79 Å². The van der Waals surface area contributed by atoms with Crippen LogP contribution in [-0.4, -0.2) is 19.0 Å². The molecule has 1 aliphatic rings. The Hall–Kier alpha value is -0.670. The third-order valence-electron chi connectivity index (χ3n) is 2.17. The predicted molar refractivity (Wildman–Crippen MR) is 38.9 cm³/mol. The van der Waals surface area contributed by atoms with Gasteiger partial charge in [0.05, 0.1) is 13.0 Å². The number of carbonyl (C=O) groups is 1. The number of rotatable bonds is 1. The van der Waals surface area contributed by atoms with Gasteiger partial charge in [0.2, 0.25) is 5.92 Å². The molecule has 1 saturated carbocycles. The summed E-state index contributed by atoms with van der Waals surface area (Å²) in [6, 6.07) is 0. The van der Waals surface area contributed by atoms with E-state index in [2.05, 4.69) is 4.74 Å². The minimum Gasteiger partial charge on any atom is -0.469 e. The summed E-state index contributed by atoms with van der Waals surface area (Å²) in [6.45, 7) is 0. The minimum absolute atomic E-state index is 0.0967. The summed E-state index contributed by atoms with van der Waals surface area (Å²) >= 11 is 0. The molecule has 0 aromatic heterocycles. The molecule has 0 unspecified atom stereocenters. The van der Waals surface area contributed by atoms with Gasteiger partial charge in [0.25, 0.3) is 0 Å². The normalized spacial score (nSPS) is 28.1. The van der Waals surface area contributed by atoms with Gasteiger partial charge < -0.3 is 4.74 Å². The number of esters is 1. The van der Waals surface area contributed by atoms with Crippen molar-refractivity contribution in [1.82, 2.24) is 0 Å². The van der Waals surface area contributed by atoms with Crippen LogP contribution >= 0.6 is 0 Å². The van der Waals surface area contributed by atoms with E-state index in [1.807, 2.05) is 0 Å². The smallest absolute Gasteiger partial charge is 0.308 e. The Balaban J connectivity index is 2.52. The van der Waals surface area contributed by atoms with E-state index in [0.29, 0.717) is 12.8 Å². The summed E-state index contributed by atoms with van der Waals surface area (Å²) in [7, 11) is 1.23. The number of ether oxygens (including phenoxy) is 1. The summed E-state index contributed by atoms with van der Waals surface area (Å²) in [5.74, 6) is -3.77. The van der Waals surface area contributed by atoms with Crippen molar-refractivity contribution < 1.29 is 18.3 Å². The first-order valence-electron chi connectivity index (χ1n) is 4.01. The molecule has 0 saturated heterocycles. The topological polar surface area (TPSA) is 26.3 Å². The molecule has 1 aliphatic carbocycles. The number of halogens is 2. The van der Waals surface area contributed by atoms with Gasteiger partial charge in [-0.1, -0.05) is 0 Å². The maximum atomic E-state index is 12.7. The van der Waals surface area contributed by atoms with Gasteiger partial charge in [0.15, 0.2) is 0 Å². The molecule has 1 atom stereocenters. The van der Waals surface area contributed by atoms with Gasteiger partial charge in [0.1, 0.15) is 0 Å². The first-order valence-corrected chi connectivity index (χ1v) is 4.01. The van der Waals surface area contributed by atoms with Gasteiger partial charge in [-0.15, -0.1) is 0 Å². The Morgan fingerprint density at radius 3 is 2.75 bits per heavy atom. The van der Waals surface area contributed by atoms with Crippen LogP contribution in [-0.2, 0) is 9.53 Å². The predicted octanol–water partition coefficient (Wildman–Crippen LogP) is 1.98. The molecule has 0 aliphatic heterocycles. The summed E-state index contributed by atoms with van der Waals surface area (Å²) < 4.78 is 29.9. The first-order chi connectivity index (χ1) is 5.55. The van der Waals surface area contributed by atoms with Crippen LogP contribution in [0.3, 0.4) is 0 Å². The molecule has 0 aromatic carbocycles.